The Labute approximate surface area is 145 Å². The molecule has 2 aromatic carbocycles. The molecule has 0 spiro atoms. The Bertz CT molecular complexity index is 850. The van der Waals surface area contributed by atoms with E-state index < -0.39 is 16.0 Å². The molecular weight excluding hydrogens is 349 g/mol. The summed E-state index contributed by atoms with van der Waals surface area (Å²) < 4.78 is 46.0. The Balaban J connectivity index is 1.85. The van der Waals surface area contributed by atoms with Crippen molar-refractivity contribution in [3.05, 3.63) is 59.4 Å². The summed E-state index contributed by atoms with van der Waals surface area (Å²) in [5.41, 5.74) is 0.728. The van der Waals surface area contributed by atoms with Crippen LogP contribution in [-0.4, -0.2) is 27.6 Å². The first kappa shape index (κ1) is 18.9. The van der Waals surface area contributed by atoms with E-state index in [0.717, 1.165) is 0 Å². The van der Waals surface area contributed by atoms with Gasteiger partial charge in [0, 0.05) is 6.42 Å². The summed E-state index contributed by atoms with van der Waals surface area (Å²) >= 11 is 0. The van der Waals surface area contributed by atoms with Crippen molar-refractivity contribution in [2.75, 3.05) is 13.2 Å². The van der Waals surface area contributed by atoms with Gasteiger partial charge in [0.2, 0.25) is 10.0 Å². The second kappa shape index (κ2) is 8.09. The second-order valence-corrected chi connectivity index (χ2v) is 6.88. The average Bonchev–Trinajstić information content (AvgIpc) is 2.55. The molecule has 0 aliphatic heterocycles. The van der Waals surface area contributed by atoms with Crippen LogP contribution < -0.4 is 9.88 Å². The molecule has 2 rings (SSSR count). The smallest absolute Gasteiger partial charge is 0.338 e. The molecule has 0 heterocycles. The zero-order valence-electron chi connectivity index (χ0n) is 13.6. The lowest BCUT2D eigenvalue weighted by Gasteiger charge is -2.09. The molecule has 25 heavy (non-hydrogen) atoms. The third-order valence-corrected chi connectivity index (χ3v) is 4.27. The van der Waals surface area contributed by atoms with Crippen molar-refractivity contribution < 1.29 is 27.1 Å². The van der Waals surface area contributed by atoms with Crippen molar-refractivity contribution >= 4 is 16.0 Å². The van der Waals surface area contributed by atoms with Crippen LogP contribution in [0.15, 0.2) is 47.4 Å². The largest absolute Gasteiger partial charge is 0.493 e. The van der Waals surface area contributed by atoms with Gasteiger partial charge in [-0.3, -0.25) is 0 Å². The van der Waals surface area contributed by atoms with E-state index in [1.165, 1.54) is 42.5 Å². The summed E-state index contributed by atoms with van der Waals surface area (Å²) in [6, 6.07) is 9.61. The van der Waals surface area contributed by atoms with E-state index in [9.17, 15) is 17.6 Å². The molecule has 0 fully saturated rings. The van der Waals surface area contributed by atoms with Gasteiger partial charge >= 0.3 is 5.97 Å². The molecule has 6 nitrogen and oxygen atoms in total. The van der Waals surface area contributed by atoms with Gasteiger partial charge in [-0.1, -0.05) is 6.07 Å². The second-order valence-electron chi connectivity index (χ2n) is 5.31. The number of halogens is 1. The van der Waals surface area contributed by atoms with Crippen molar-refractivity contribution in [1.29, 1.82) is 0 Å². The molecule has 0 radical (unpaired) electrons. The normalized spacial score (nSPS) is 11.2. The molecule has 2 aromatic rings. The van der Waals surface area contributed by atoms with E-state index in [4.69, 9.17) is 14.6 Å². The number of carbonyl (C=O) groups is 1. The maximum Gasteiger partial charge on any atom is 0.338 e. The number of hydrogen-bond acceptors (Lipinski definition) is 5. The van der Waals surface area contributed by atoms with Crippen molar-refractivity contribution in [3.8, 4) is 5.75 Å². The first-order chi connectivity index (χ1) is 11.8. The van der Waals surface area contributed by atoms with Crippen LogP contribution in [0.4, 0.5) is 4.39 Å². The van der Waals surface area contributed by atoms with E-state index in [0.29, 0.717) is 17.7 Å². The van der Waals surface area contributed by atoms with E-state index in [1.807, 2.05) is 0 Å². The number of benzene rings is 2. The zero-order chi connectivity index (χ0) is 18.4. The van der Waals surface area contributed by atoms with Gasteiger partial charge < -0.3 is 9.47 Å². The van der Waals surface area contributed by atoms with Crippen LogP contribution in [-0.2, 0) is 14.8 Å². The van der Waals surface area contributed by atoms with E-state index >= 15 is 0 Å². The third-order valence-electron chi connectivity index (χ3n) is 3.36. The van der Waals surface area contributed by atoms with Gasteiger partial charge in [0.15, 0.2) is 0 Å². The predicted molar refractivity (Wildman–Crippen MR) is 89.3 cm³/mol. The topological polar surface area (TPSA) is 95.7 Å². The minimum atomic E-state index is -3.89. The molecule has 0 unspecified atom stereocenters. The quantitative estimate of drug-likeness (QED) is 0.599. The number of aryl methyl sites for hydroxylation is 1. The minimum absolute atomic E-state index is 0.0963. The van der Waals surface area contributed by atoms with Crippen molar-refractivity contribution in [1.82, 2.24) is 0 Å². The van der Waals surface area contributed by atoms with Gasteiger partial charge in [-0.2, -0.15) is 0 Å². The van der Waals surface area contributed by atoms with Gasteiger partial charge in [0.05, 0.1) is 23.7 Å². The highest BCUT2D eigenvalue weighted by atomic mass is 32.2. The van der Waals surface area contributed by atoms with Gasteiger partial charge in [0.1, 0.15) is 11.6 Å². The number of primary sulfonamides is 1. The molecule has 0 saturated carbocycles. The number of hydrogen-bond donors (Lipinski definition) is 1. The highest BCUT2D eigenvalue weighted by molar-refractivity contribution is 7.89. The summed E-state index contributed by atoms with van der Waals surface area (Å²) in [7, 11) is -3.89. The fraction of sp³-hybridized carbons (Fsp3) is 0.235. The maximum absolute atomic E-state index is 12.8. The number of esters is 1. The van der Waals surface area contributed by atoms with Crippen LogP contribution in [0.2, 0.25) is 0 Å². The van der Waals surface area contributed by atoms with Gasteiger partial charge in [0.25, 0.3) is 0 Å². The predicted octanol–water partition coefficient (Wildman–Crippen LogP) is 2.41. The van der Waals surface area contributed by atoms with Crippen LogP contribution >= 0.6 is 0 Å². The Morgan fingerprint density at radius 2 is 1.80 bits per heavy atom. The number of sulfonamides is 1. The van der Waals surface area contributed by atoms with Crippen LogP contribution in [0.5, 0.6) is 5.75 Å². The van der Waals surface area contributed by atoms with E-state index in [-0.39, 0.29) is 29.5 Å². The lowest BCUT2D eigenvalue weighted by atomic mass is 10.1. The number of ether oxygens (including phenoxy) is 2. The zero-order valence-corrected chi connectivity index (χ0v) is 14.4. The lowest BCUT2D eigenvalue weighted by Crippen LogP contribution is -2.15. The highest BCUT2D eigenvalue weighted by Crippen LogP contribution is 2.16. The highest BCUT2D eigenvalue weighted by Gasteiger charge is 2.15. The summed E-state index contributed by atoms with van der Waals surface area (Å²) in [4.78, 5) is 11.9. The SMILES string of the molecule is Cc1ccc(S(N)(=O)=O)cc1C(=O)OCCCOc1ccc(F)cc1. The third kappa shape index (κ3) is 5.54. The molecule has 0 saturated heterocycles. The maximum atomic E-state index is 12.8. The van der Waals surface area contributed by atoms with Crippen molar-refractivity contribution in [2.45, 2.75) is 18.2 Å². The molecule has 8 heteroatoms. The average molecular weight is 367 g/mol. The molecule has 0 aliphatic carbocycles. The molecule has 0 aliphatic rings. The van der Waals surface area contributed by atoms with Gasteiger partial charge in [-0.15, -0.1) is 0 Å². The Hall–Kier alpha value is -2.45. The molecular formula is C17H18FNO5S. The van der Waals surface area contributed by atoms with E-state index in [1.54, 1.807) is 6.92 Å². The Morgan fingerprint density at radius 1 is 1.12 bits per heavy atom. The minimum Gasteiger partial charge on any atom is -0.493 e. The molecule has 0 bridgehead atoms. The molecule has 134 valence electrons. The first-order valence-electron chi connectivity index (χ1n) is 7.46. The van der Waals surface area contributed by atoms with E-state index in [2.05, 4.69) is 0 Å². The summed E-state index contributed by atoms with van der Waals surface area (Å²) in [5, 5.41) is 5.06. The fourth-order valence-electron chi connectivity index (χ4n) is 2.02. The van der Waals surface area contributed by atoms with Crippen molar-refractivity contribution in [3.63, 3.8) is 0 Å². The Morgan fingerprint density at radius 3 is 2.44 bits per heavy atom. The molecule has 0 aromatic heterocycles. The lowest BCUT2D eigenvalue weighted by molar-refractivity contribution is 0.0485. The first-order valence-corrected chi connectivity index (χ1v) is 9.01. The van der Waals surface area contributed by atoms with Crippen LogP contribution in [0.25, 0.3) is 0 Å². The summed E-state index contributed by atoms with van der Waals surface area (Å²) in [5.74, 6) is -0.465. The fourth-order valence-corrected chi connectivity index (χ4v) is 2.56. The summed E-state index contributed by atoms with van der Waals surface area (Å²) in [6.45, 7) is 2.05. The van der Waals surface area contributed by atoms with Crippen LogP contribution in [0.1, 0.15) is 22.3 Å². The molecule has 2 N–H and O–H groups in total. The van der Waals surface area contributed by atoms with Gasteiger partial charge in [-0.05, 0) is 48.9 Å². The monoisotopic (exact) mass is 367 g/mol. The molecule has 0 amide bonds. The van der Waals surface area contributed by atoms with Crippen molar-refractivity contribution in [2.24, 2.45) is 5.14 Å². The molecule has 0 atom stereocenters. The number of carbonyl (C=O) groups excluding carboxylic acids is 1. The summed E-state index contributed by atoms with van der Waals surface area (Å²) in [6.07, 6.45) is 0.428. The standard InChI is InChI=1S/C17H18FNO5S/c1-12-3-8-15(25(19,21)22)11-16(12)17(20)24-10-2-9-23-14-6-4-13(18)5-7-14/h3-8,11H,2,9-10H2,1H3,(H2,19,21,22). The van der Waals surface area contributed by atoms with Gasteiger partial charge in [-0.25, -0.2) is 22.7 Å². The Kier molecular flexibility index (Phi) is 6.11. The number of nitrogens with two attached hydrogens (primary N) is 1. The van der Waals surface area contributed by atoms with Crippen LogP contribution in [0, 0.1) is 12.7 Å². The van der Waals surface area contributed by atoms with Crippen LogP contribution in [0.3, 0.4) is 0 Å². The number of rotatable bonds is 7.